The SMILES string of the molecule is NNC(C1=CCCCCCC1)C1CC2CC2C1. The van der Waals surface area contributed by atoms with Crippen molar-refractivity contribution in [1.29, 1.82) is 0 Å². The maximum absolute atomic E-state index is 5.84. The second-order valence-electron chi connectivity index (χ2n) is 6.36. The van der Waals surface area contributed by atoms with Crippen LogP contribution in [0, 0.1) is 17.8 Å². The molecule has 2 saturated carbocycles. The van der Waals surface area contributed by atoms with Gasteiger partial charge in [-0.05, 0) is 62.7 Å². The number of allylic oxidation sites excluding steroid dienone is 1. The van der Waals surface area contributed by atoms with Gasteiger partial charge in [-0.1, -0.05) is 24.5 Å². The van der Waals surface area contributed by atoms with Crippen LogP contribution >= 0.6 is 0 Å². The first-order chi connectivity index (χ1) is 8.38. The van der Waals surface area contributed by atoms with E-state index in [0.717, 1.165) is 17.8 Å². The van der Waals surface area contributed by atoms with Gasteiger partial charge in [0, 0.05) is 6.04 Å². The van der Waals surface area contributed by atoms with Crippen molar-refractivity contribution in [2.45, 2.75) is 63.8 Å². The highest BCUT2D eigenvalue weighted by Gasteiger charge is 2.48. The normalized spacial score (nSPS) is 38.9. The van der Waals surface area contributed by atoms with E-state index in [4.69, 9.17) is 5.84 Å². The molecule has 0 saturated heterocycles. The molecule has 3 N–H and O–H groups in total. The summed E-state index contributed by atoms with van der Waals surface area (Å²) in [5.74, 6) is 8.79. The van der Waals surface area contributed by atoms with Crippen molar-refractivity contribution in [3.8, 4) is 0 Å². The van der Waals surface area contributed by atoms with E-state index in [1.54, 1.807) is 5.57 Å². The van der Waals surface area contributed by atoms with E-state index < -0.39 is 0 Å². The lowest BCUT2D eigenvalue weighted by Crippen LogP contribution is -2.42. The monoisotopic (exact) mass is 234 g/mol. The molecule has 96 valence electrons. The lowest BCUT2D eigenvalue weighted by molar-refractivity contribution is 0.363. The van der Waals surface area contributed by atoms with E-state index in [2.05, 4.69) is 11.5 Å². The summed E-state index contributed by atoms with van der Waals surface area (Å²) in [5.41, 5.74) is 4.76. The third-order valence-corrected chi connectivity index (χ3v) is 5.16. The Morgan fingerprint density at radius 3 is 2.59 bits per heavy atom. The van der Waals surface area contributed by atoms with E-state index >= 15 is 0 Å². The van der Waals surface area contributed by atoms with Gasteiger partial charge in [0.25, 0.3) is 0 Å². The number of hydrogen-bond donors (Lipinski definition) is 2. The molecular weight excluding hydrogens is 208 g/mol. The molecule has 0 aromatic heterocycles. The van der Waals surface area contributed by atoms with Gasteiger partial charge in [-0.25, -0.2) is 0 Å². The molecule has 2 nitrogen and oxygen atoms in total. The molecule has 0 heterocycles. The Morgan fingerprint density at radius 1 is 1.06 bits per heavy atom. The standard InChI is InChI=1S/C15H26N2/c16-17-15(14-9-12-8-13(12)10-14)11-6-4-2-1-3-5-7-11/h6,12-15,17H,1-5,7-10,16H2. The zero-order valence-corrected chi connectivity index (χ0v) is 10.8. The van der Waals surface area contributed by atoms with Gasteiger partial charge in [0.2, 0.25) is 0 Å². The first-order valence-electron chi connectivity index (χ1n) is 7.53. The number of nitrogens with two attached hydrogens (primary N) is 1. The van der Waals surface area contributed by atoms with Crippen LogP contribution in [0.1, 0.15) is 57.8 Å². The molecule has 0 amide bonds. The molecule has 0 aliphatic heterocycles. The Kier molecular flexibility index (Phi) is 3.53. The zero-order chi connectivity index (χ0) is 11.7. The van der Waals surface area contributed by atoms with Crippen molar-refractivity contribution in [3.05, 3.63) is 11.6 Å². The van der Waals surface area contributed by atoms with Crippen molar-refractivity contribution in [2.75, 3.05) is 0 Å². The van der Waals surface area contributed by atoms with E-state index in [0.29, 0.717) is 6.04 Å². The fourth-order valence-electron chi connectivity index (χ4n) is 4.08. The molecule has 2 heteroatoms. The smallest absolute Gasteiger partial charge is 0.0448 e. The summed E-state index contributed by atoms with van der Waals surface area (Å²) >= 11 is 0. The first kappa shape index (κ1) is 11.7. The lowest BCUT2D eigenvalue weighted by Gasteiger charge is -2.28. The van der Waals surface area contributed by atoms with Crippen LogP contribution in [0.25, 0.3) is 0 Å². The highest BCUT2D eigenvalue weighted by Crippen LogP contribution is 2.55. The Bertz CT molecular complexity index is 287. The van der Waals surface area contributed by atoms with Gasteiger partial charge < -0.3 is 0 Å². The van der Waals surface area contributed by atoms with E-state index in [1.807, 2.05) is 0 Å². The molecule has 3 rings (SSSR count). The Labute approximate surface area is 105 Å². The molecule has 3 aliphatic carbocycles. The fraction of sp³-hybridized carbons (Fsp3) is 0.867. The van der Waals surface area contributed by atoms with Crippen molar-refractivity contribution >= 4 is 0 Å². The van der Waals surface area contributed by atoms with Gasteiger partial charge in [-0.15, -0.1) is 0 Å². The van der Waals surface area contributed by atoms with Gasteiger partial charge >= 0.3 is 0 Å². The maximum atomic E-state index is 5.84. The average molecular weight is 234 g/mol. The highest BCUT2D eigenvalue weighted by molar-refractivity contribution is 5.15. The molecule has 0 aromatic rings. The summed E-state index contributed by atoms with van der Waals surface area (Å²) in [6.07, 6.45) is 15.0. The second kappa shape index (κ2) is 5.11. The second-order valence-corrected chi connectivity index (χ2v) is 6.36. The molecule has 3 unspecified atom stereocenters. The largest absolute Gasteiger partial charge is 0.271 e. The minimum absolute atomic E-state index is 0.487. The van der Waals surface area contributed by atoms with Crippen molar-refractivity contribution in [3.63, 3.8) is 0 Å². The Morgan fingerprint density at radius 2 is 1.82 bits per heavy atom. The van der Waals surface area contributed by atoms with Crippen molar-refractivity contribution < 1.29 is 0 Å². The van der Waals surface area contributed by atoms with Crippen molar-refractivity contribution in [1.82, 2.24) is 5.43 Å². The molecule has 17 heavy (non-hydrogen) atoms. The number of nitrogens with one attached hydrogen (secondary N) is 1. The molecule has 2 fully saturated rings. The molecule has 3 aliphatic rings. The third kappa shape index (κ3) is 2.58. The molecule has 3 atom stereocenters. The lowest BCUT2D eigenvalue weighted by atomic mass is 9.85. The number of rotatable bonds is 3. The van der Waals surface area contributed by atoms with Crippen LogP contribution in [0.3, 0.4) is 0 Å². The Hall–Kier alpha value is -0.340. The van der Waals surface area contributed by atoms with Gasteiger partial charge in [0.15, 0.2) is 0 Å². The quantitative estimate of drug-likeness (QED) is 0.447. The summed E-state index contributed by atoms with van der Waals surface area (Å²) < 4.78 is 0. The van der Waals surface area contributed by atoms with Crippen molar-refractivity contribution in [2.24, 2.45) is 23.6 Å². The summed E-state index contributed by atoms with van der Waals surface area (Å²) in [6, 6.07) is 0.487. The minimum atomic E-state index is 0.487. The number of hydrogen-bond acceptors (Lipinski definition) is 2. The summed E-state index contributed by atoms with van der Waals surface area (Å²) in [7, 11) is 0. The Balaban J connectivity index is 1.65. The van der Waals surface area contributed by atoms with Gasteiger partial charge in [-0.2, -0.15) is 0 Å². The van der Waals surface area contributed by atoms with Crippen LogP contribution in [0.2, 0.25) is 0 Å². The molecule has 0 aromatic carbocycles. The van der Waals surface area contributed by atoms with Gasteiger partial charge in [0.05, 0.1) is 0 Å². The third-order valence-electron chi connectivity index (χ3n) is 5.16. The average Bonchev–Trinajstić information content (AvgIpc) is 2.90. The predicted octanol–water partition coefficient (Wildman–Crippen LogP) is 3.15. The minimum Gasteiger partial charge on any atom is -0.271 e. The summed E-state index contributed by atoms with van der Waals surface area (Å²) in [6.45, 7) is 0. The van der Waals surface area contributed by atoms with Crippen LogP contribution < -0.4 is 11.3 Å². The zero-order valence-electron chi connectivity index (χ0n) is 10.8. The highest BCUT2D eigenvalue weighted by atomic mass is 15.2. The van der Waals surface area contributed by atoms with E-state index in [1.165, 1.54) is 57.8 Å². The molecular formula is C15H26N2. The first-order valence-corrected chi connectivity index (χ1v) is 7.53. The molecule has 0 bridgehead atoms. The summed E-state index contributed by atoms with van der Waals surface area (Å²) in [5, 5.41) is 0. The van der Waals surface area contributed by atoms with Crippen LogP contribution in [-0.2, 0) is 0 Å². The number of fused-ring (bicyclic) bond motifs is 1. The number of hydrazine groups is 1. The van der Waals surface area contributed by atoms with E-state index in [-0.39, 0.29) is 0 Å². The van der Waals surface area contributed by atoms with Crippen LogP contribution in [0.4, 0.5) is 0 Å². The summed E-state index contributed by atoms with van der Waals surface area (Å²) in [4.78, 5) is 0. The van der Waals surface area contributed by atoms with Crippen LogP contribution in [0.5, 0.6) is 0 Å². The van der Waals surface area contributed by atoms with Crippen LogP contribution in [0.15, 0.2) is 11.6 Å². The van der Waals surface area contributed by atoms with E-state index in [9.17, 15) is 0 Å². The molecule has 0 radical (unpaired) electrons. The predicted molar refractivity (Wildman–Crippen MR) is 71.2 cm³/mol. The topological polar surface area (TPSA) is 38.0 Å². The van der Waals surface area contributed by atoms with Crippen LogP contribution in [-0.4, -0.2) is 6.04 Å². The van der Waals surface area contributed by atoms with Gasteiger partial charge in [0.1, 0.15) is 0 Å². The van der Waals surface area contributed by atoms with Gasteiger partial charge in [-0.3, -0.25) is 11.3 Å². The molecule has 0 spiro atoms. The maximum Gasteiger partial charge on any atom is 0.0448 e. The fourth-order valence-corrected chi connectivity index (χ4v) is 4.08.